The van der Waals surface area contributed by atoms with Crippen molar-refractivity contribution in [1.29, 1.82) is 10.5 Å². The summed E-state index contributed by atoms with van der Waals surface area (Å²) in [4.78, 5) is 12.0. The third-order valence-electron chi connectivity index (χ3n) is 3.43. The second kappa shape index (κ2) is 6.03. The quantitative estimate of drug-likeness (QED) is 0.738. The monoisotopic (exact) mass is 313 g/mol. The van der Waals surface area contributed by atoms with E-state index in [-0.39, 0.29) is 17.3 Å². The Morgan fingerprint density at radius 1 is 0.833 bits per heavy atom. The van der Waals surface area contributed by atoms with E-state index in [9.17, 15) is 5.26 Å². The van der Waals surface area contributed by atoms with Crippen LogP contribution in [0.2, 0.25) is 0 Å². The Morgan fingerprint density at radius 3 is 2.21 bits per heavy atom. The number of nitriles is 2. The highest BCUT2D eigenvalue weighted by Gasteiger charge is 2.13. The van der Waals surface area contributed by atoms with Gasteiger partial charge in [-0.05, 0) is 11.6 Å². The minimum Gasteiger partial charge on any atom is -0.382 e. The highest BCUT2D eigenvalue weighted by atomic mass is 15.0. The first-order valence-electron chi connectivity index (χ1n) is 6.91. The number of aromatic nitrogens is 3. The third kappa shape index (κ3) is 2.70. The van der Waals surface area contributed by atoms with E-state index in [1.54, 1.807) is 24.4 Å². The summed E-state index contributed by atoms with van der Waals surface area (Å²) in [6.07, 6.45) is 3.18. The smallest absolute Gasteiger partial charge is 0.222 e. The molecule has 0 spiro atoms. The van der Waals surface area contributed by atoms with Crippen LogP contribution in [-0.2, 0) is 0 Å². The van der Waals surface area contributed by atoms with Crippen molar-refractivity contribution in [2.45, 2.75) is 0 Å². The number of rotatable bonds is 2. The average molecular weight is 313 g/mol. The molecule has 2 aromatic heterocycles. The van der Waals surface area contributed by atoms with Crippen molar-refractivity contribution >= 4 is 11.8 Å². The largest absolute Gasteiger partial charge is 0.382 e. The molecule has 3 aromatic rings. The van der Waals surface area contributed by atoms with E-state index in [0.717, 1.165) is 11.1 Å². The fraction of sp³-hybridized carbons (Fsp3) is 0. The first-order chi connectivity index (χ1) is 11.6. The molecule has 1 aromatic carbocycles. The van der Waals surface area contributed by atoms with Crippen LogP contribution in [-0.4, -0.2) is 15.0 Å². The lowest BCUT2D eigenvalue weighted by Crippen LogP contribution is -2.04. The molecule has 0 amide bonds. The minimum atomic E-state index is 0.0106. The molecule has 0 fully saturated rings. The highest BCUT2D eigenvalue weighted by molar-refractivity contribution is 5.75. The Hall–Kier alpha value is -3.97. The summed E-state index contributed by atoms with van der Waals surface area (Å²) < 4.78 is 0. The first kappa shape index (κ1) is 14.9. The minimum absolute atomic E-state index is 0.0106. The van der Waals surface area contributed by atoms with Crippen LogP contribution in [0.4, 0.5) is 11.8 Å². The molecule has 7 heteroatoms. The number of hydrogen-bond donors (Lipinski definition) is 2. The average Bonchev–Trinajstić information content (AvgIpc) is 2.61. The molecule has 0 aliphatic rings. The molecule has 0 aliphatic heterocycles. The Morgan fingerprint density at radius 2 is 1.54 bits per heavy atom. The molecule has 0 bridgehead atoms. The van der Waals surface area contributed by atoms with E-state index >= 15 is 0 Å². The fourth-order valence-corrected chi connectivity index (χ4v) is 2.29. The maximum absolute atomic E-state index is 9.25. The van der Waals surface area contributed by atoms with E-state index in [1.807, 2.05) is 18.2 Å². The van der Waals surface area contributed by atoms with Crippen LogP contribution >= 0.6 is 0 Å². The number of hydrogen-bond acceptors (Lipinski definition) is 7. The van der Waals surface area contributed by atoms with Gasteiger partial charge < -0.3 is 11.5 Å². The standard InChI is InChI=1S/C17H11N7/c18-6-10-5-13(9-22-8-10)11-1-3-12(4-2-11)15-14(7-19)16(20)24-17(21)23-15/h1-5,8-9H,(H4,20,21,23,24). The molecule has 0 radical (unpaired) electrons. The number of benzene rings is 1. The van der Waals surface area contributed by atoms with Gasteiger partial charge in [-0.15, -0.1) is 0 Å². The van der Waals surface area contributed by atoms with Crippen molar-refractivity contribution in [1.82, 2.24) is 15.0 Å². The Balaban J connectivity index is 2.05. The van der Waals surface area contributed by atoms with E-state index < -0.39 is 0 Å². The van der Waals surface area contributed by atoms with Crippen LogP contribution in [0.5, 0.6) is 0 Å². The molecule has 114 valence electrons. The lowest BCUT2D eigenvalue weighted by molar-refractivity contribution is 1.18. The van der Waals surface area contributed by atoms with Gasteiger partial charge in [0, 0.05) is 23.5 Å². The summed E-state index contributed by atoms with van der Waals surface area (Å²) in [6.45, 7) is 0. The van der Waals surface area contributed by atoms with Gasteiger partial charge in [0.05, 0.1) is 11.3 Å². The van der Waals surface area contributed by atoms with Gasteiger partial charge in [-0.1, -0.05) is 24.3 Å². The summed E-state index contributed by atoms with van der Waals surface area (Å²) >= 11 is 0. The topological polar surface area (TPSA) is 138 Å². The van der Waals surface area contributed by atoms with E-state index in [2.05, 4.69) is 21.0 Å². The van der Waals surface area contributed by atoms with Crippen LogP contribution < -0.4 is 11.5 Å². The molecule has 2 heterocycles. The van der Waals surface area contributed by atoms with Crippen LogP contribution in [0, 0.1) is 22.7 Å². The summed E-state index contributed by atoms with van der Waals surface area (Å²) in [5.74, 6) is 0.0616. The van der Waals surface area contributed by atoms with Crippen molar-refractivity contribution in [3.8, 4) is 34.5 Å². The first-order valence-corrected chi connectivity index (χ1v) is 6.91. The van der Waals surface area contributed by atoms with Gasteiger partial charge in [-0.25, -0.2) is 4.98 Å². The van der Waals surface area contributed by atoms with Crippen LogP contribution in [0.15, 0.2) is 42.7 Å². The van der Waals surface area contributed by atoms with E-state index in [4.69, 9.17) is 16.7 Å². The number of nitrogens with two attached hydrogens (primary N) is 2. The zero-order valence-electron chi connectivity index (χ0n) is 12.4. The van der Waals surface area contributed by atoms with Crippen LogP contribution in [0.25, 0.3) is 22.4 Å². The molecule has 24 heavy (non-hydrogen) atoms. The second-order valence-corrected chi connectivity index (χ2v) is 4.95. The van der Waals surface area contributed by atoms with Gasteiger partial charge in [0.15, 0.2) is 0 Å². The normalized spacial score (nSPS) is 9.92. The zero-order valence-corrected chi connectivity index (χ0v) is 12.4. The van der Waals surface area contributed by atoms with Crippen molar-refractivity contribution in [2.75, 3.05) is 11.5 Å². The second-order valence-electron chi connectivity index (χ2n) is 4.95. The summed E-state index contributed by atoms with van der Waals surface area (Å²) in [5, 5.41) is 18.2. The molecule has 0 atom stereocenters. The van der Waals surface area contributed by atoms with Gasteiger partial charge in [0.1, 0.15) is 23.5 Å². The van der Waals surface area contributed by atoms with Crippen LogP contribution in [0.1, 0.15) is 11.1 Å². The molecule has 3 rings (SSSR count). The maximum Gasteiger partial charge on any atom is 0.222 e. The van der Waals surface area contributed by atoms with Crippen molar-refractivity contribution in [3.63, 3.8) is 0 Å². The molecule has 0 unspecified atom stereocenters. The molecular formula is C17H11N7. The third-order valence-corrected chi connectivity index (χ3v) is 3.43. The van der Waals surface area contributed by atoms with Crippen molar-refractivity contribution in [3.05, 3.63) is 53.9 Å². The summed E-state index contributed by atoms with van der Waals surface area (Å²) in [5.41, 5.74) is 14.8. The molecule has 7 nitrogen and oxygen atoms in total. The lowest BCUT2D eigenvalue weighted by Gasteiger charge is -2.08. The number of nitrogens with zero attached hydrogens (tertiary/aromatic N) is 5. The van der Waals surface area contributed by atoms with Gasteiger partial charge in [0.25, 0.3) is 0 Å². The Bertz CT molecular complexity index is 995. The van der Waals surface area contributed by atoms with Gasteiger partial charge in [0.2, 0.25) is 5.95 Å². The molecule has 4 N–H and O–H groups in total. The summed E-state index contributed by atoms with van der Waals surface area (Å²) in [6, 6.07) is 13.1. The van der Waals surface area contributed by atoms with Gasteiger partial charge >= 0.3 is 0 Å². The molecular weight excluding hydrogens is 302 g/mol. The predicted octanol–water partition coefficient (Wildman–Crippen LogP) is 2.11. The molecule has 0 saturated heterocycles. The predicted molar refractivity (Wildman–Crippen MR) is 89.0 cm³/mol. The summed E-state index contributed by atoms with van der Waals surface area (Å²) in [7, 11) is 0. The number of anilines is 2. The van der Waals surface area contributed by atoms with Gasteiger partial charge in [-0.3, -0.25) is 4.98 Å². The van der Waals surface area contributed by atoms with Crippen molar-refractivity contribution < 1.29 is 0 Å². The highest BCUT2D eigenvalue weighted by Crippen LogP contribution is 2.28. The Kier molecular flexibility index (Phi) is 3.76. The Labute approximate surface area is 137 Å². The van der Waals surface area contributed by atoms with Gasteiger partial charge in [-0.2, -0.15) is 15.5 Å². The molecule has 0 saturated carbocycles. The number of nitrogen functional groups attached to an aromatic ring is 2. The lowest BCUT2D eigenvalue weighted by atomic mass is 10.0. The fourth-order valence-electron chi connectivity index (χ4n) is 2.29. The van der Waals surface area contributed by atoms with Crippen LogP contribution in [0.3, 0.4) is 0 Å². The number of pyridine rings is 1. The van der Waals surface area contributed by atoms with E-state index in [1.165, 1.54) is 6.20 Å². The zero-order chi connectivity index (χ0) is 17.1. The molecule has 0 aliphatic carbocycles. The van der Waals surface area contributed by atoms with Crippen molar-refractivity contribution in [2.24, 2.45) is 0 Å². The van der Waals surface area contributed by atoms with E-state index in [0.29, 0.717) is 16.8 Å². The SMILES string of the molecule is N#Cc1cncc(-c2ccc(-c3nc(N)nc(N)c3C#N)cc2)c1. The maximum atomic E-state index is 9.25.